The summed E-state index contributed by atoms with van der Waals surface area (Å²) in [4.78, 5) is 32.3. The van der Waals surface area contributed by atoms with Crippen LogP contribution in [0.3, 0.4) is 0 Å². The van der Waals surface area contributed by atoms with Gasteiger partial charge in [-0.25, -0.2) is 9.79 Å². The Morgan fingerprint density at radius 1 is 1.21 bits per heavy atom. The van der Waals surface area contributed by atoms with Crippen LogP contribution in [-0.4, -0.2) is 30.9 Å². The van der Waals surface area contributed by atoms with Gasteiger partial charge in [0.05, 0.1) is 35.6 Å². The van der Waals surface area contributed by atoms with Crippen molar-refractivity contribution in [2.24, 2.45) is 10.9 Å². The zero-order valence-electron chi connectivity index (χ0n) is 22.0. The fourth-order valence-corrected chi connectivity index (χ4v) is 5.60. The third-order valence-corrected chi connectivity index (χ3v) is 7.44. The first-order chi connectivity index (χ1) is 18.6. The van der Waals surface area contributed by atoms with Crippen LogP contribution in [0.5, 0.6) is 11.5 Å². The van der Waals surface area contributed by atoms with Crippen molar-refractivity contribution in [3.05, 3.63) is 101 Å². The summed E-state index contributed by atoms with van der Waals surface area (Å²) in [6, 6.07) is 9.56. The van der Waals surface area contributed by atoms with Crippen molar-refractivity contribution in [1.29, 1.82) is 0 Å². The highest BCUT2D eigenvalue weighted by molar-refractivity contribution is 7.07. The van der Waals surface area contributed by atoms with Crippen molar-refractivity contribution in [3.8, 4) is 11.5 Å². The number of hydrogen-bond acceptors (Lipinski definition) is 7. The Bertz CT molecular complexity index is 1640. The fraction of sp³-hybridized carbons (Fsp3) is 0.276. The van der Waals surface area contributed by atoms with Crippen LogP contribution in [0.15, 0.2) is 70.1 Å². The Kier molecular flexibility index (Phi) is 9.00. The van der Waals surface area contributed by atoms with Gasteiger partial charge in [-0.05, 0) is 54.3 Å². The molecule has 7 nitrogen and oxygen atoms in total. The van der Waals surface area contributed by atoms with Crippen LogP contribution in [0.4, 0.5) is 0 Å². The molecule has 0 radical (unpaired) electrons. The first kappa shape index (κ1) is 28.7. The van der Waals surface area contributed by atoms with Gasteiger partial charge in [0.25, 0.3) is 5.56 Å². The summed E-state index contributed by atoms with van der Waals surface area (Å²) in [6.07, 6.45) is 3.33. The highest BCUT2D eigenvalue weighted by Gasteiger charge is 2.34. The zero-order valence-corrected chi connectivity index (χ0v) is 24.3. The first-order valence-corrected chi connectivity index (χ1v) is 13.8. The number of ether oxygens (including phenoxy) is 3. The van der Waals surface area contributed by atoms with Gasteiger partial charge in [-0.15, -0.1) is 0 Å². The highest BCUT2D eigenvalue weighted by atomic mass is 35.5. The topological polar surface area (TPSA) is 79.1 Å². The van der Waals surface area contributed by atoms with Gasteiger partial charge in [0, 0.05) is 10.0 Å². The summed E-state index contributed by atoms with van der Waals surface area (Å²) in [5.41, 5.74) is 1.71. The molecule has 0 N–H and O–H groups in total. The Morgan fingerprint density at radius 2 is 1.97 bits per heavy atom. The average molecular weight is 588 g/mol. The zero-order chi connectivity index (χ0) is 28.3. The number of aromatic nitrogens is 1. The van der Waals surface area contributed by atoms with Crippen molar-refractivity contribution in [3.63, 3.8) is 0 Å². The molecule has 3 aromatic rings. The normalized spacial score (nSPS) is 15.2. The van der Waals surface area contributed by atoms with E-state index in [0.29, 0.717) is 54.3 Å². The Balaban J connectivity index is 1.92. The van der Waals surface area contributed by atoms with E-state index in [-0.39, 0.29) is 23.7 Å². The molecule has 0 aliphatic carbocycles. The highest BCUT2D eigenvalue weighted by Crippen LogP contribution is 2.36. The number of carbonyl (C=O) groups is 1. The molecular weight excluding hydrogens is 559 g/mol. The molecule has 0 fully saturated rings. The molecule has 4 rings (SSSR count). The van der Waals surface area contributed by atoms with Gasteiger partial charge in [-0.2, -0.15) is 0 Å². The summed E-state index contributed by atoms with van der Waals surface area (Å²) >= 11 is 13.6. The van der Waals surface area contributed by atoms with E-state index < -0.39 is 12.0 Å². The van der Waals surface area contributed by atoms with E-state index in [4.69, 9.17) is 37.4 Å². The van der Waals surface area contributed by atoms with E-state index in [0.717, 1.165) is 0 Å². The lowest BCUT2D eigenvalue weighted by molar-refractivity contribution is -0.140. The minimum absolute atomic E-state index is 0.139. The largest absolute Gasteiger partial charge is 0.493 e. The Hall–Kier alpha value is -3.33. The molecule has 0 amide bonds. The van der Waals surface area contributed by atoms with E-state index in [1.807, 2.05) is 13.8 Å². The summed E-state index contributed by atoms with van der Waals surface area (Å²) in [7, 11) is 1.53. The van der Waals surface area contributed by atoms with Crippen molar-refractivity contribution in [1.82, 2.24) is 4.57 Å². The van der Waals surface area contributed by atoms with Crippen molar-refractivity contribution >= 4 is 46.6 Å². The summed E-state index contributed by atoms with van der Waals surface area (Å²) in [5.74, 6) is 0.570. The lowest BCUT2D eigenvalue weighted by atomic mass is 9.95. The van der Waals surface area contributed by atoms with E-state index in [1.165, 1.54) is 23.0 Å². The quantitative estimate of drug-likeness (QED) is 0.250. The minimum Gasteiger partial charge on any atom is -0.493 e. The van der Waals surface area contributed by atoms with Crippen molar-refractivity contribution in [2.45, 2.75) is 26.8 Å². The second-order valence-electron chi connectivity index (χ2n) is 9.25. The molecule has 0 saturated carbocycles. The maximum Gasteiger partial charge on any atom is 0.338 e. The number of fused-ring (bicyclic) bond motifs is 1. The monoisotopic (exact) mass is 586 g/mol. The number of methoxy groups -OCH3 is 1. The SMILES string of the molecule is C=CCOc1ccc(C2C(C(=O)OCC(C)C)=C(C)N=c3sc(=Cc4ccc(Cl)cc4Cl)c(=O)n32)cc1OC. The van der Waals surface area contributed by atoms with Crippen LogP contribution in [0.25, 0.3) is 6.08 Å². The number of thiazole rings is 1. The van der Waals surface area contributed by atoms with Gasteiger partial charge >= 0.3 is 5.97 Å². The minimum atomic E-state index is -0.800. The summed E-state index contributed by atoms with van der Waals surface area (Å²) < 4.78 is 18.8. The molecule has 204 valence electrons. The van der Waals surface area contributed by atoms with E-state index in [2.05, 4.69) is 11.6 Å². The van der Waals surface area contributed by atoms with Crippen molar-refractivity contribution < 1.29 is 19.0 Å². The number of nitrogens with zero attached hydrogens (tertiary/aromatic N) is 2. The maximum atomic E-state index is 13.9. The number of allylic oxidation sites excluding steroid dienone is 1. The number of esters is 1. The van der Waals surface area contributed by atoms with Crippen LogP contribution in [0.2, 0.25) is 10.0 Å². The van der Waals surface area contributed by atoms with E-state index in [9.17, 15) is 9.59 Å². The molecule has 39 heavy (non-hydrogen) atoms. The molecular formula is C29H28Cl2N2O5S. The summed E-state index contributed by atoms with van der Waals surface area (Å²) in [6.45, 7) is 9.86. The molecule has 0 spiro atoms. The number of carbonyl (C=O) groups excluding carboxylic acids is 1. The molecule has 10 heteroatoms. The molecule has 2 heterocycles. The second-order valence-corrected chi connectivity index (χ2v) is 11.1. The second kappa shape index (κ2) is 12.2. The first-order valence-electron chi connectivity index (χ1n) is 12.2. The lowest BCUT2D eigenvalue weighted by Gasteiger charge is -2.25. The molecule has 0 bridgehead atoms. The van der Waals surface area contributed by atoms with Crippen LogP contribution in [0, 0.1) is 5.92 Å². The molecule has 1 atom stereocenters. The average Bonchev–Trinajstić information content (AvgIpc) is 3.20. The van der Waals surface area contributed by atoms with Crippen LogP contribution < -0.4 is 24.4 Å². The molecule has 1 unspecified atom stereocenters. The number of hydrogen-bond donors (Lipinski definition) is 0. The summed E-state index contributed by atoms with van der Waals surface area (Å²) in [5, 5.41) is 0.909. The maximum absolute atomic E-state index is 13.9. The van der Waals surface area contributed by atoms with Crippen LogP contribution >= 0.6 is 34.5 Å². The third-order valence-electron chi connectivity index (χ3n) is 5.90. The number of benzene rings is 2. The lowest BCUT2D eigenvalue weighted by Crippen LogP contribution is -2.40. The Morgan fingerprint density at radius 3 is 2.64 bits per heavy atom. The molecule has 0 saturated heterocycles. The van der Waals surface area contributed by atoms with Gasteiger partial charge < -0.3 is 14.2 Å². The van der Waals surface area contributed by atoms with E-state index >= 15 is 0 Å². The molecule has 2 aromatic carbocycles. The predicted octanol–water partition coefficient (Wildman–Crippen LogP) is 5.31. The van der Waals surface area contributed by atoms with Gasteiger partial charge in [0.2, 0.25) is 0 Å². The van der Waals surface area contributed by atoms with Crippen LogP contribution in [-0.2, 0) is 9.53 Å². The van der Waals surface area contributed by atoms with Gasteiger partial charge in [-0.3, -0.25) is 9.36 Å². The fourth-order valence-electron chi connectivity index (χ4n) is 4.10. The number of halogens is 2. The molecule has 1 aliphatic heterocycles. The van der Waals surface area contributed by atoms with E-state index in [1.54, 1.807) is 55.5 Å². The van der Waals surface area contributed by atoms with Gasteiger partial charge in [0.1, 0.15) is 6.61 Å². The third kappa shape index (κ3) is 6.13. The smallest absolute Gasteiger partial charge is 0.338 e. The predicted molar refractivity (Wildman–Crippen MR) is 155 cm³/mol. The van der Waals surface area contributed by atoms with Gasteiger partial charge in [0.15, 0.2) is 16.3 Å². The van der Waals surface area contributed by atoms with Crippen LogP contribution in [0.1, 0.15) is 37.9 Å². The van der Waals surface area contributed by atoms with Gasteiger partial charge in [-0.1, -0.05) is 73.2 Å². The standard InChI is InChI=1S/C29H28Cl2N2O5S/c1-6-11-37-22-10-8-19(12-23(22)36-5)26-25(28(35)38-15-16(2)3)17(4)32-29-33(26)27(34)24(39-29)13-18-7-9-20(30)14-21(18)31/h6-10,12-14,16,26H,1,11,15H2,2-5H3. The molecule has 1 aliphatic rings. The number of rotatable bonds is 9. The van der Waals surface area contributed by atoms with Crippen molar-refractivity contribution in [2.75, 3.05) is 20.3 Å². The Labute approximate surface area is 240 Å². The molecule has 1 aromatic heterocycles.